The number of nitrogens with one attached hydrogen (secondary N) is 1. The standard InChI is InChI=1S/C12H10ClNO2/c1-16-11-3-2-8(6-10(11)13)9-4-5-14-12(15)7-9/h2-7H,1H3,(H,14,15). The van der Waals surface area contributed by atoms with Gasteiger partial charge in [-0.1, -0.05) is 17.7 Å². The molecule has 0 aliphatic heterocycles. The van der Waals surface area contributed by atoms with Gasteiger partial charge < -0.3 is 9.72 Å². The Morgan fingerprint density at radius 3 is 2.56 bits per heavy atom. The molecule has 2 rings (SSSR count). The van der Waals surface area contributed by atoms with Crippen molar-refractivity contribution in [1.82, 2.24) is 4.98 Å². The first-order valence-corrected chi connectivity index (χ1v) is 5.11. The normalized spacial score (nSPS) is 10.1. The third-order valence-corrected chi connectivity index (χ3v) is 2.56. The molecule has 0 amide bonds. The topological polar surface area (TPSA) is 42.1 Å². The molecule has 0 aliphatic carbocycles. The minimum Gasteiger partial charge on any atom is -0.495 e. The maximum Gasteiger partial charge on any atom is 0.248 e. The molecular weight excluding hydrogens is 226 g/mol. The number of benzene rings is 1. The molecule has 0 bridgehead atoms. The van der Waals surface area contributed by atoms with Crippen LogP contribution < -0.4 is 10.3 Å². The monoisotopic (exact) mass is 235 g/mol. The molecule has 1 heterocycles. The van der Waals surface area contributed by atoms with Crippen LogP contribution >= 0.6 is 11.6 Å². The summed E-state index contributed by atoms with van der Waals surface area (Å²) in [5.74, 6) is 0.621. The Morgan fingerprint density at radius 2 is 1.94 bits per heavy atom. The molecule has 0 saturated carbocycles. The fourth-order valence-electron chi connectivity index (χ4n) is 1.47. The van der Waals surface area contributed by atoms with Gasteiger partial charge in [-0.2, -0.15) is 0 Å². The number of hydrogen-bond acceptors (Lipinski definition) is 2. The zero-order valence-electron chi connectivity index (χ0n) is 8.66. The van der Waals surface area contributed by atoms with Gasteiger partial charge in [-0.3, -0.25) is 4.79 Å². The van der Waals surface area contributed by atoms with Crippen LogP contribution in [0.4, 0.5) is 0 Å². The van der Waals surface area contributed by atoms with E-state index in [0.717, 1.165) is 11.1 Å². The second kappa shape index (κ2) is 4.41. The van der Waals surface area contributed by atoms with E-state index in [9.17, 15) is 4.79 Å². The van der Waals surface area contributed by atoms with Crippen LogP contribution in [0.1, 0.15) is 0 Å². The lowest BCUT2D eigenvalue weighted by atomic mass is 10.1. The van der Waals surface area contributed by atoms with Gasteiger partial charge in [0.2, 0.25) is 5.56 Å². The molecule has 0 aliphatic rings. The number of H-pyrrole nitrogens is 1. The quantitative estimate of drug-likeness (QED) is 0.870. The first-order valence-electron chi connectivity index (χ1n) is 4.73. The maximum absolute atomic E-state index is 11.2. The Balaban J connectivity index is 2.49. The summed E-state index contributed by atoms with van der Waals surface area (Å²) in [5.41, 5.74) is 1.58. The van der Waals surface area contributed by atoms with Crippen molar-refractivity contribution < 1.29 is 4.74 Å². The van der Waals surface area contributed by atoms with Crippen LogP contribution in [0.15, 0.2) is 41.3 Å². The van der Waals surface area contributed by atoms with Crippen molar-refractivity contribution in [3.05, 3.63) is 51.9 Å². The molecule has 16 heavy (non-hydrogen) atoms. The zero-order chi connectivity index (χ0) is 11.5. The molecule has 3 nitrogen and oxygen atoms in total. The summed E-state index contributed by atoms with van der Waals surface area (Å²) in [6.45, 7) is 0. The van der Waals surface area contributed by atoms with Crippen molar-refractivity contribution >= 4 is 11.6 Å². The Morgan fingerprint density at radius 1 is 1.19 bits per heavy atom. The van der Waals surface area contributed by atoms with E-state index in [1.807, 2.05) is 12.1 Å². The van der Waals surface area contributed by atoms with Crippen LogP contribution in [-0.4, -0.2) is 12.1 Å². The second-order valence-electron chi connectivity index (χ2n) is 3.29. The van der Waals surface area contributed by atoms with Crippen LogP contribution in [-0.2, 0) is 0 Å². The third kappa shape index (κ3) is 2.09. The van der Waals surface area contributed by atoms with Crippen LogP contribution in [0.25, 0.3) is 11.1 Å². The first kappa shape index (κ1) is 10.8. The predicted octanol–water partition coefficient (Wildman–Crippen LogP) is 2.70. The lowest BCUT2D eigenvalue weighted by Gasteiger charge is -2.05. The molecular formula is C12H10ClNO2. The Hall–Kier alpha value is -1.74. The molecule has 82 valence electrons. The number of methoxy groups -OCH3 is 1. The number of ether oxygens (including phenoxy) is 1. The third-order valence-electron chi connectivity index (χ3n) is 2.26. The van der Waals surface area contributed by atoms with E-state index in [4.69, 9.17) is 16.3 Å². The van der Waals surface area contributed by atoms with Gasteiger partial charge in [0.25, 0.3) is 0 Å². The molecule has 1 N–H and O–H groups in total. The summed E-state index contributed by atoms with van der Waals surface area (Å²) in [7, 11) is 1.56. The average molecular weight is 236 g/mol. The van der Waals surface area contributed by atoms with Gasteiger partial charge in [0.15, 0.2) is 0 Å². The lowest BCUT2D eigenvalue weighted by molar-refractivity contribution is 0.415. The van der Waals surface area contributed by atoms with Crippen molar-refractivity contribution in [2.45, 2.75) is 0 Å². The Bertz CT molecular complexity index is 563. The Kier molecular flexibility index (Phi) is 2.97. The number of rotatable bonds is 2. The van der Waals surface area contributed by atoms with Crippen molar-refractivity contribution in [3.8, 4) is 16.9 Å². The van der Waals surface area contributed by atoms with E-state index in [2.05, 4.69) is 4.98 Å². The van der Waals surface area contributed by atoms with Crippen molar-refractivity contribution in [1.29, 1.82) is 0 Å². The van der Waals surface area contributed by atoms with Crippen molar-refractivity contribution in [2.24, 2.45) is 0 Å². The molecule has 0 unspecified atom stereocenters. The van der Waals surface area contributed by atoms with Crippen LogP contribution in [0.3, 0.4) is 0 Å². The van der Waals surface area contributed by atoms with Crippen LogP contribution in [0.5, 0.6) is 5.75 Å². The van der Waals surface area contributed by atoms with Crippen LogP contribution in [0.2, 0.25) is 5.02 Å². The summed E-state index contributed by atoms with van der Waals surface area (Å²) in [4.78, 5) is 13.7. The number of aromatic nitrogens is 1. The summed E-state index contributed by atoms with van der Waals surface area (Å²) in [5, 5.41) is 0.528. The molecule has 4 heteroatoms. The molecule has 0 atom stereocenters. The van der Waals surface area contributed by atoms with E-state index >= 15 is 0 Å². The van der Waals surface area contributed by atoms with E-state index in [1.54, 1.807) is 25.4 Å². The smallest absolute Gasteiger partial charge is 0.248 e. The largest absolute Gasteiger partial charge is 0.495 e. The van der Waals surface area contributed by atoms with E-state index in [0.29, 0.717) is 10.8 Å². The highest BCUT2D eigenvalue weighted by Gasteiger charge is 2.03. The van der Waals surface area contributed by atoms with Crippen molar-refractivity contribution in [2.75, 3.05) is 7.11 Å². The number of pyridine rings is 1. The number of halogens is 1. The maximum atomic E-state index is 11.2. The average Bonchev–Trinajstić information content (AvgIpc) is 2.29. The minimum atomic E-state index is -0.135. The molecule has 2 aromatic rings. The molecule has 0 fully saturated rings. The molecule has 0 spiro atoms. The van der Waals surface area contributed by atoms with Gasteiger partial charge >= 0.3 is 0 Å². The molecule has 1 aromatic carbocycles. The number of hydrogen-bond donors (Lipinski definition) is 1. The van der Waals surface area contributed by atoms with E-state index in [-0.39, 0.29) is 5.56 Å². The summed E-state index contributed by atoms with van der Waals surface area (Å²) in [6, 6.07) is 8.76. The summed E-state index contributed by atoms with van der Waals surface area (Å²) < 4.78 is 5.06. The van der Waals surface area contributed by atoms with Gasteiger partial charge in [0.1, 0.15) is 5.75 Å². The fraction of sp³-hybridized carbons (Fsp3) is 0.0833. The van der Waals surface area contributed by atoms with E-state index < -0.39 is 0 Å². The summed E-state index contributed by atoms with van der Waals surface area (Å²) >= 11 is 6.01. The molecule has 0 saturated heterocycles. The highest BCUT2D eigenvalue weighted by Crippen LogP contribution is 2.29. The van der Waals surface area contributed by atoms with Gasteiger partial charge in [-0.05, 0) is 29.3 Å². The lowest BCUT2D eigenvalue weighted by Crippen LogP contribution is -2.01. The highest BCUT2D eigenvalue weighted by atomic mass is 35.5. The minimum absolute atomic E-state index is 0.135. The van der Waals surface area contributed by atoms with Gasteiger partial charge in [-0.25, -0.2) is 0 Å². The van der Waals surface area contributed by atoms with Crippen molar-refractivity contribution in [3.63, 3.8) is 0 Å². The summed E-state index contributed by atoms with van der Waals surface area (Å²) in [6.07, 6.45) is 1.61. The highest BCUT2D eigenvalue weighted by molar-refractivity contribution is 6.32. The van der Waals surface area contributed by atoms with E-state index in [1.165, 1.54) is 6.07 Å². The Labute approximate surface area is 97.7 Å². The predicted molar refractivity (Wildman–Crippen MR) is 64.1 cm³/mol. The second-order valence-corrected chi connectivity index (χ2v) is 3.70. The SMILES string of the molecule is COc1ccc(-c2cc[nH]c(=O)c2)cc1Cl. The van der Waals surface area contributed by atoms with Gasteiger partial charge in [0.05, 0.1) is 12.1 Å². The number of aromatic amines is 1. The molecule has 1 aromatic heterocycles. The fourth-order valence-corrected chi connectivity index (χ4v) is 1.73. The molecule has 0 radical (unpaired) electrons. The van der Waals surface area contributed by atoms with Gasteiger partial charge in [0, 0.05) is 12.3 Å². The van der Waals surface area contributed by atoms with Gasteiger partial charge in [-0.15, -0.1) is 0 Å². The first-order chi connectivity index (χ1) is 7.70. The van der Waals surface area contributed by atoms with Crippen LogP contribution in [0, 0.1) is 0 Å². The zero-order valence-corrected chi connectivity index (χ0v) is 9.41.